The van der Waals surface area contributed by atoms with Crippen LogP contribution in [0.3, 0.4) is 0 Å². The van der Waals surface area contributed by atoms with Gasteiger partial charge < -0.3 is 33.8 Å². The van der Waals surface area contributed by atoms with Crippen LogP contribution in [-0.4, -0.2) is 96.7 Å². The SMILES string of the molecule is CCCCC/C=C\C/C=C\CCCCCCCC(=O)OCC(COP(=O)(O)OCC(O)COP(=O)(O)OCC(COC(=O)CCCCCCC/C=C\CCCCCCCC)OC(=O)CCCCCCCCCCCCCCC)OC(=O)CCCCCCCCCCCCCCC. The third-order valence-electron chi connectivity index (χ3n) is 17.1. The van der Waals surface area contributed by atoms with E-state index in [-0.39, 0.29) is 25.7 Å². The highest BCUT2D eigenvalue weighted by atomic mass is 31.2. The Morgan fingerprint density at radius 1 is 0.292 bits per heavy atom. The normalized spacial score (nSPS) is 14.1. The van der Waals surface area contributed by atoms with Crippen LogP contribution in [0.5, 0.6) is 0 Å². The maximum Gasteiger partial charge on any atom is 0.472 e. The van der Waals surface area contributed by atoms with Crippen LogP contribution >= 0.6 is 15.6 Å². The molecule has 0 aliphatic carbocycles. The van der Waals surface area contributed by atoms with Crippen LogP contribution < -0.4 is 0 Å². The van der Waals surface area contributed by atoms with Gasteiger partial charge in [-0.1, -0.05) is 302 Å². The van der Waals surface area contributed by atoms with E-state index in [0.29, 0.717) is 25.7 Å². The van der Waals surface area contributed by atoms with E-state index in [0.717, 1.165) is 135 Å². The number of aliphatic hydroxyl groups excluding tert-OH is 1. The number of phosphoric ester groups is 2. The minimum absolute atomic E-state index is 0.100. The molecule has 0 rings (SSSR count). The molecule has 0 saturated heterocycles. The van der Waals surface area contributed by atoms with Gasteiger partial charge in [0.15, 0.2) is 12.2 Å². The number of carbonyl (C=O) groups is 4. The molecule has 3 N–H and O–H groups in total. The number of hydrogen-bond donors (Lipinski definition) is 3. The zero-order chi connectivity index (χ0) is 70.4. The monoisotopic (exact) mass is 1400 g/mol. The molecule has 5 atom stereocenters. The Morgan fingerprint density at radius 2 is 0.510 bits per heavy atom. The zero-order valence-corrected chi connectivity index (χ0v) is 63.4. The molecule has 96 heavy (non-hydrogen) atoms. The number of allylic oxidation sites excluding steroid dienone is 6. The topological polar surface area (TPSA) is 237 Å². The van der Waals surface area contributed by atoms with Crippen molar-refractivity contribution in [2.75, 3.05) is 39.6 Å². The Hall–Kier alpha value is -2.72. The van der Waals surface area contributed by atoms with Crippen molar-refractivity contribution in [3.8, 4) is 0 Å². The minimum Gasteiger partial charge on any atom is -0.462 e. The Balaban J connectivity index is 5.30. The average molecular weight is 1400 g/mol. The molecule has 564 valence electrons. The second-order valence-electron chi connectivity index (χ2n) is 26.7. The molecule has 0 saturated carbocycles. The van der Waals surface area contributed by atoms with Crippen LogP contribution in [0.4, 0.5) is 0 Å². The predicted molar refractivity (Wildman–Crippen MR) is 391 cm³/mol. The van der Waals surface area contributed by atoms with Crippen LogP contribution in [0.2, 0.25) is 0 Å². The highest BCUT2D eigenvalue weighted by Gasteiger charge is 2.30. The molecule has 0 aliphatic rings. The lowest BCUT2D eigenvalue weighted by Gasteiger charge is -2.21. The lowest BCUT2D eigenvalue weighted by Crippen LogP contribution is -2.30. The van der Waals surface area contributed by atoms with Crippen molar-refractivity contribution in [2.24, 2.45) is 0 Å². The van der Waals surface area contributed by atoms with Gasteiger partial charge in [-0.25, -0.2) is 9.13 Å². The first-order valence-corrected chi connectivity index (χ1v) is 42.2. The summed E-state index contributed by atoms with van der Waals surface area (Å²) in [6.07, 6.45) is 65.5. The summed E-state index contributed by atoms with van der Waals surface area (Å²) in [4.78, 5) is 72.8. The Morgan fingerprint density at radius 3 is 0.802 bits per heavy atom. The fourth-order valence-electron chi connectivity index (χ4n) is 11.1. The Bertz CT molecular complexity index is 1970. The van der Waals surface area contributed by atoms with Crippen molar-refractivity contribution in [3.63, 3.8) is 0 Å². The molecule has 0 spiro atoms. The summed E-state index contributed by atoms with van der Waals surface area (Å²) < 4.78 is 68.5. The Kier molecular flexibility index (Phi) is 68.7. The van der Waals surface area contributed by atoms with E-state index >= 15 is 0 Å². The van der Waals surface area contributed by atoms with E-state index < -0.39 is 97.5 Å². The molecule has 0 heterocycles. The standard InChI is InChI=1S/C77H144O17P2/c1-5-9-13-17-21-25-29-33-35-39-41-45-49-53-57-61-74(79)87-67-72(93-76(81)63-59-55-51-47-43-37-31-27-23-19-15-11-7-3)69-91-95(83,84)89-65-71(78)66-90-96(85,86)92-70-73(94-77(82)64-60-56-52-48-44-38-32-28-24-20-16-12-8-4)68-88-75(80)62-58-54-50-46-42-40-36-34-30-26-22-18-14-10-6-2/h21,25,33-36,71-73,78H,5-20,22-24,26-32,37-70H2,1-4H3,(H,83,84)(H,85,86)/b25-21-,35-33-,36-34-. The van der Waals surface area contributed by atoms with E-state index in [1.165, 1.54) is 161 Å². The van der Waals surface area contributed by atoms with Crippen LogP contribution in [0, 0.1) is 0 Å². The molecular formula is C77H144O17P2. The van der Waals surface area contributed by atoms with Gasteiger partial charge in [0.25, 0.3) is 0 Å². The van der Waals surface area contributed by atoms with Crippen LogP contribution in [0.15, 0.2) is 36.5 Å². The number of aliphatic hydroxyl groups is 1. The van der Waals surface area contributed by atoms with Gasteiger partial charge >= 0.3 is 39.5 Å². The fourth-order valence-corrected chi connectivity index (χ4v) is 12.7. The van der Waals surface area contributed by atoms with Crippen molar-refractivity contribution in [3.05, 3.63) is 36.5 Å². The number of rotatable bonds is 75. The molecule has 17 nitrogen and oxygen atoms in total. The summed E-state index contributed by atoms with van der Waals surface area (Å²) in [6.45, 7) is 4.90. The van der Waals surface area contributed by atoms with Crippen LogP contribution in [0.25, 0.3) is 0 Å². The van der Waals surface area contributed by atoms with E-state index in [4.69, 9.17) is 37.0 Å². The summed E-state index contributed by atoms with van der Waals surface area (Å²) in [5.41, 5.74) is 0. The lowest BCUT2D eigenvalue weighted by atomic mass is 10.0. The van der Waals surface area contributed by atoms with Crippen molar-refractivity contribution < 1.29 is 80.2 Å². The smallest absolute Gasteiger partial charge is 0.462 e. The summed E-state index contributed by atoms with van der Waals surface area (Å²) in [5.74, 6) is -2.15. The number of carbonyl (C=O) groups excluding carboxylic acids is 4. The van der Waals surface area contributed by atoms with Crippen molar-refractivity contribution in [1.82, 2.24) is 0 Å². The fraction of sp³-hybridized carbons (Fsp3) is 0.870. The molecule has 0 aromatic heterocycles. The number of ether oxygens (including phenoxy) is 4. The van der Waals surface area contributed by atoms with Gasteiger partial charge in [0.2, 0.25) is 0 Å². The maximum atomic E-state index is 13.1. The molecule has 0 aromatic rings. The number of hydrogen-bond acceptors (Lipinski definition) is 15. The van der Waals surface area contributed by atoms with Crippen molar-refractivity contribution in [2.45, 2.75) is 393 Å². The third kappa shape index (κ3) is 69.7. The molecular weight excluding hydrogens is 1260 g/mol. The van der Waals surface area contributed by atoms with Gasteiger partial charge in [0, 0.05) is 25.7 Å². The first-order chi connectivity index (χ1) is 46.7. The first kappa shape index (κ1) is 93.3. The lowest BCUT2D eigenvalue weighted by molar-refractivity contribution is -0.161. The van der Waals surface area contributed by atoms with E-state index in [2.05, 4.69) is 64.2 Å². The number of phosphoric acid groups is 2. The second kappa shape index (κ2) is 70.7. The van der Waals surface area contributed by atoms with Gasteiger partial charge in [0.05, 0.1) is 26.4 Å². The van der Waals surface area contributed by atoms with Gasteiger partial charge in [-0.15, -0.1) is 0 Å². The average Bonchev–Trinajstić information content (AvgIpc) is 1.14. The predicted octanol–water partition coefficient (Wildman–Crippen LogP) is 22.3. The molecule has 5 unspecified atom stereocenters. The molecule has 0 bridgehead atoms. The highest BCUT2D eigenvalue weighted by molar-refractivity contribution is 7.47. The van der Waals surface area contributed by atoms with Crippen molar-refractivity contribution >= 4 is 39.5 Å². The summed E-state index contributed by atoms with van der Waals surface area (Å²) in [7, 11) is -9.93. The van der Waals surface area contributed by atoms with E-state index in [1.807, 2.05) is 0 Å². The van der Waals surface area contributed by atoms with Gasteiger partial charge in [-0.2, -0.15) is 0 Å². The quantitative estimate of drug-likeness (QED) is 0.0169. The molecule has 0 fully saturated rings. The van der Waals surface area contributed by atoms with E-state index in [1.54, 1.807) is 0 Å². The van der Waals surface area contributed by atoms with E-state index in [9.17, 15) is 43.2 Å². The second-order valence-corrected chi connectivity index (χ2v) is 29.6. The maximum absolute atomic E-state index is 13.1. The van der Waals surface area contributed by atoms with Crippen LogP contribution in [0.1, 0.15) is 374 Å². The van der Waals surface area contributed by atoms with Crippen LogP contribution in [-0.2, 0) is 65.4 Å². The molecule has 19 heteroatoms. The van der Waals surface area contributed by atoms with Gasteiger partial charge in [-0.05, 0) is 83.5 Å². The highest BCUT2D eigenvalue weighted by Crippen LogP contribution is 2.45. The molecule has 0 radical (unpaired) electrons. The molecule has 0 aliphatic heterocycles. The Labute approximate surface area is 585 Å². The largest absolute Gasteiger partial charge is 0.472 e. The zero-order valence-electron chi connectivity index (χ0n) is 61.6. The number of esters is 4. The number of unbranched alkanes of at least 4 members (excludes halogenated alkanes) is 43. The molecule has 0 amide bonds. The van der Waals surface area contributed by atoms with Gasteiger partial charge in [0.1, 0.15) is 19.3 Å². The third-order valence-corrected chi connectivity index (χ3v) is 19.0. The summed E-state index contributed by atoms with van der Waals surface area (Å²) in [5, 5.41) is 10.6. The first-order valence-electron chi connectivity index (χ1n) is 39.2. The summed E-state index contributed by atoms with van der Waals surface area (Å²) >= 11 is 0. The van der Waals surface area contributed by atoms with Crippen molar-refractivity contribution in [1.29, 1.82) is 0 Å². The van der Waals surface area contributed by atoms with Gasteiger partial charge in [-0.3, -0.25) is 37.3 Å². The summed E-state index contributed by atoms with van der Waals surface area (Å²) in [6, 6.07) is 0. The minimum atomic E-state index is -4.96. The molecule has 0 aromatic carbocycles.